The van der Waals surface area contributed by atoms with Crippen LogP contribution < -0.4 is 10.5 Å². The summed E-state index contributed by atoms with van der Waals surface area (Å²) in [4.78, 5) is -0.0808. The summed E-state index contributed by atoms with van der Waals surface area (Å²) in [6, 6.07) is 4.61. The van der Waals surface area contributed by atoms with E-state index in [9.17, 15) is 8.42 Å². The fourth-order valence-electron chi connectivity index (χ4n) is 2.48. The van der Waals surface area contributed by atoms with E-state index in [4.69, 9.17) is 28.9 Å². The maximum atomic E-state index is 12.3. The highest BCUT2D eigenvalue weighted by Gasteiger charge is 2.30. The molecular formula is C13H18Cl2N2O2S. The van der Waals surface area contributed by atoms with Gasteiger partial charge in [-0.1, -0.05) is 48.5 Å². The van der Waals surface area contributed by atoms with E-state index in [2.05, 4.69) is 4.72 Å². The topological polar surface area (TPSA) is 72.2 Å². The highest BCUT2D eigenvalue weighted by atomic mass is 35.5. The van der Waals surface area contributed by atoms with Crippen molar-refractivity contribution in [2.24, 2.45) is 5.73 Å². The first-order valence-corrected chi connectivity index (χ1v) is 8.81. The lowest BCUT2D eigenvalue weighted by atomic mass is 9.83. The molecule has 0 atom stereocenters. The minimum atomic E-state index is -3.75. The van der Waals surface area contributed by atoms with Crippen molar-refractivity contribution in [2.45, 2.75) is 42.5 Å². The summed E-state index contributed by atoms with van der Waals surface area (Å²) in [5.74, 6) is 0. The summed E-state index contributed by atoms with van der Waals surface area (Å²) >= 11 is 11.9. The first-order valence-electron chi connectivity index (χ1n) is 6.57. The molecule has 0 saturated heterocycles. The van der Waals surface area contributed by atoms with Gasteiger partial charge in [0.2, 0.25) is 10.0 Å². The van der Waals surface area contributed by atoms with Crippen LogP contribution in [0.5, 0.6) is 0 Å². The summed E-state index contributed by atoms with van der Waals surface area (Å²) < 4.78 is 27.2. The van der Waals surface area contributed by atoms with Gasteiger partial charge in [0.25, 0.3) is 0 Å². The molecule has 4 nitrogen and oxygen atoms in total. The normalized spacial score (nSPS) is 18.9. The lowest BCUT2D eigenvalue weighted by Crippen LogP contribution is -2.51. The molecule has 20 heavy (non-hydrogen) atoms. The van der Waals surface area contributed by atoms with Crippen LogP contribution in [0.3, 0.4) is 0 Å². The summed E-state index contributed by atoms with van der Waals surface area (Å²) in [6.07, 6.45) is 4.87. The van der Waals surface area contributed by atoms with Gasteiger partial charge in [-0.2, -0.15) is 0 Å². The minimum absolute atomic E-state index is 0.0808. The molecule has 1 aromatic carbocycles. The van der Waals surface area contributed by atoms with Gasteiger partial charge in [-0.25, -0.2) is 13.1 Å². The van der Waals surface area contributed by atoms with Crippen LogP contribution in [0.4, 0.5) is 0 Å². The second-order valence-electron chi connectivity index (χ2n) is 5.30. The van der Waals surface area contributed by atoms with E-state index >= 15 is 0 Å². The maximum absolute atomic E-state index is 12.3. The van der Waals surface area contributed by atoms with Crippen molar-refractivity contribution >= 4 is 33.2 Å². The van der Waals surface area contributed by atoms with Gasteiger partial charge in [-0.15, -0.1) is 0 Å². The molecule has 1 saturated carbocycles. The zero-order valence-electron chi connectivity index (χ0n) is 11.0. The van der Waals surface area contributed by atoms with Crippen molar-refractivity contribution in [1.29, 1.82) is 0 Å². The van der Waals surface area contributed by atoms with Gasteiger partial charge in [0.1, 0.15) is 4.90 Å². The number of rotatable bonds is 4. The summed E-state index contributed by atoms with van der Waals surface area (Å²) in [6.45, 7) is 0.205. The Balaban J connectivity index is 2.15. The SMILES string of the molecule is NC1(CNS(=O)(=O)c2c(Cl)cccc2Cl)CCCCC1. The monoisotopic (exact) mass is 336 g/mol. The van der Waals surface area contributed by atoms with E-state index in [-0.39, 0.29) is 21.5 Å². The lowest BCUT2D eigenvalue weighted by Gasteiger charge is -2.33. The predicted octanol–water partition coefficient (Wildman–Crippen LogP) is 2.93. The number of nitrogens with two attached hydrogens (primary N) is 1. The van der Waals surface area contributed by atoms with E-state index in [1.54, 1.807) is 6.07 Å². The third-order valence-corrected chi connectivity index (χ3v) is 6.01. The highest BCUT2D eigenvalue weighted by Crippen LogP contribution is 2.30. The third-order valence-electron chi connectivity index (χ3n) is 3.65. The van der Waals surface area contributed by atoms with E-state index in [0.29, 0.717) is 0 Å². The van der Waals surface area contributed by atoms with Gasteiger partial charge in [0, 0.05) is 12.1 Å². The van der Waals surface area contributed by atoms with Gasteiger partial charge < -0.3 is 5.73 Å². The Bertz CT molecular complexity index is 564. The molecule has 1 aliphatic carbocycles. The Morgan fingerprint density at radius 3 is 2.25 bits per heavy atom. The van der Waals surface area contributed by atoms with Gasteiger partial charge in [-0.3, -0.25) is 0 Å². The van der Waals surface area contributed by atoms with Crippen molar-refractivity contribution in [3.8, 4) is 0 Å². The molecule has 0 aromatic heterocycles. The number of nitrogens with one attached hydrogen (secondary N) is 1. The van der Waals surface area contributed by atoms with Crippen LogP contribution in [0.15, 0.2) is 23.1 Å². The van der Waals surface area contributed by atoms with Gasteiger partial charge in [0.05, 0.1) is 10.0 Å². The number of benzene rings is 1. The van der Waals surface area contributed by atoms with Crippen LogP contribution in [-0.4, -0.2) is 20.5 Å². The second kappa shape index (κ2) is 6.20. The van der Waals surface area contributed by atoms with Crippen molar-refractivity contribution in [3.63, 3.8) is 0 Å². The Labute approximate surface area is 129 Å². The zero-order valence-corrected chi connectivity index (χ0v) is 13.4. The molecule has 7 heteroatoms. The van der Waals surface area contributed by atoms with Crippen molar-refractivity contribution in [3.05, 3.63) is 28.2 Å². The Kier molecular flexibility index (Phi) is 4.97. The molecule has 0 heterocycles. The molecule has 0 bridgehead atoms. The number of halogens is 2. The lowest BCUT2D eigenvalue weighted by molar-refractivity contribution is 0.296. The van der Waals surface area contributed by atoms with Crippen LogP contribution in [0.2, 0.25) is 10.0 Å². The molecule has 0 aliphatic heterocycles. The Hall–Kier alpha value is -0.330. The average molecular weight is 337 g/mol. The van der Waals surface area contributed by atoms with Crippen molar-refractivity contribution in [1.82, 2.24) is 4.72 Å². The molecule has 0 spiro atoms. The molecule has 0 amide bonds. The first kappa shape index (κ1) is 16.0. The van der Waals surface area contributed by atoms with E-state index in [0.717, 1.165) is 32.1 Å². The molecule has 0 unspecified atom stereocenters. The molecule has 1 aliphatic rings. The summed E-state index contributed by atoms with van der Waals surface area (Å²) in [5, 5.41) is 0.222. The van der Waals surface area contributed by atoms with Gasteiger partial charge >= 0.3 is 0 Å². The fraction of sp³-hybridized carbons (Fsp3) is 0.538. The summed E-state index contributed by atoms with van der Waals surface area (Å²) in [5.41, 5.74) is 5.75. The molecular weight excluding hydrogens is 319 g/mol. The molecule has 1 fully saturated rings. The number of sulfonamides is 1. The van der Waals surface area contributed by atoms with Crippen LogP contribution in [0.25, 0.3) is 0 Å². The zero-order chi connectivity index (χ0) is 14.8. The fourth-order valence-corrected chi connectivity index (χ4v) is 4.76. The number of hydrogen-bond donors (Lipinski definition) is 2. The molecule has 2 rings (SSSR count). The number of hydrogen-bond acceptors (Lipinski definition) is 3. The van der Waals surface area contributed by atoms with Crippen LogP contribution in [0.1, 0.15) is 32.1 Å². The highest BCUT2D eigenvalue weighted by molar-refractivity contribution is 7.89. The molecule has 0 radical (unpaired) electrons. The molecule has 1 aromatic rings. The van der Waals surface area contributed by atoms with Crippen LogP contribution in [0, 0.1) is 0 Å². The van der Waals surface area contributed by atoms with Gasteiger partial charge in [-0.05, 0) is 25.0 Å². The largest absolute Gasteiger partial charge is 0.324 e. The van der Waals surface area contributed by atoms with Crippen molar-refractivity contribution in [2.75, 3.05) is 6.54 Å². The maximum Gasteiger partial charge on any atom is 0.243 e. The molecule has 112 valence electrons. The summed E-state index contributed by atoms with van der Waals surface area (Å²) in [7, 11) is -3.75. The second-order valence-corrected chi connectivity index (χ2v) is 7.82. The van der Waals surface area contributed by atoms with Crippen LogP contribution in [-0.2, 0) is 10.0 Å². The standard InChI is InChI=1S/C13H18Cl2N2O2S/c14-10-5-4-6-11(15)12(10)20(18,19)17-9-13(16)7-2-1-3-8-13/h4-6,17H,1-3,7-9,16H2. The van der Waals surface area contributed by atoms with E-state index < -0.39 is 15.6 Å². The first-order chi connectivity index (χ1) is 9.34. The van der Waals surface area contributed by atoms with Crippen LogP contribution >= 0.6 is 23.2 Å². The smallest absolute Gasteiger partial charge is 0.243 e. The Morgan fingerprint density at radius 1 is 1.15 bits per heavy atom. The van der Waals surface area contributed by atoms with Gasteiger partial charge in [0.15, 0.2) is 0 Å². The molecule has 3 N–H and O–H groups in total. The third kappa shape index (κ3) is 3.65. The Morgan fingerprint density at radius 2 is 1.70 bits per heavy atom. The van der Waals surface area contributed by atoms with E-state index in [1.807, 2.05) is 0 Å². The minimum Gasteiger partial charge on any atom is -0.324 e. The quantitative estimate of drug-likeness (QED) is 0.887. The predicted molar refractivity (Wildman–Crippen MR) is 81.7 cm³/mol. The van der Waals surface area contributed by atoms with E-state index in [1.165, 1.54) is 12.1 Å². The van der Waals surface area contributed by atoms with Crippen molar-refractivity contribution < 1.29 is 8.42 Å². The average Bonchev–Trinajstić information content (AvgIpc) is 2.37.